The number of hydrogen-bond acceptors (Lipinski definition) is 6. The highest BCUT2D eigenvalue weighted by atomic mass is 32.2. The zero-order valence-corrected chi connectivity index (χ0v) is 22.0. The molecule has 6 nitrogen and oxygen atoms in total. The van der Waals surface area contributed by atoms with Crippen molar-refractivity contribution in [1.29, 1.82) is 0 Å². The third kappa shape index (κ3) is 4.28. The van der Waals surface area contributed by atoms with Gasteiger partial charge in [0.05, 0.1) is 18.1 Å². The molecule has 3 aromatic heterocycles. The number of hydrogen-bond donors (Lipinski definition) is 0. The summed E-state index contributed by atoms with van der Waals surface area (Å²) in [6.07, 6.45) is 6.70. The maximum absolute atomic E-state index is 13.4. The summed E-state index contributed by atoms with van der Waals surface area (Å²) in [4.78, 5) is 26.6. The van der Waals surface area contributed by atoms with E-state index >= 15 is 0 Å². The van der Waals surface area contributed by atoms with E-state index in [-0.39, 0.29) is 12.1 Å². The fourth-order valence-corrected chi connectivity index (χ4v) is 10.4. The Hall–Kier alpha value is -2.37. The Labute approximate surface area is 195 Å². The fraction of sp³-hybridized carbons (Fsp3) is 0.500. The van der Waals surface area contributed by atoms with E-state index in [1.807, 2.05) is 13.2 Å². The zero-order chi connectivity index (χ0) is 23.6. The fourth-order valence-electron chi connectivity index (χ4n) is 4.83. The third-order valence-electron chi connectivity index (χ3n) is 6.46. The Morgan fingerprint density at radius 2 is 1.78 bits per heavy atom. The predicted octanol–water partition coefficient (Wildman–Crippen LogP) is 5.43. The lowest BCUT2D eigenvalue weighted by atomic mass is 10.1. The van der Waals surface area contributed by atoms with E-state index in [2.05, 4.69) is 68.0 Å². The number of pyridine rings is 1. The van der Waals surface area contributed by atoms with Crippen molar-refractivity contribution in [2.45, 2.75) is 76.8 Å². The first-order chi connectivity index (χ1) is 15.1. The minimum Gasteiger partial charge on any atom is -0.447 e. The quantitative estimate of drug-likeness (QED) is 0.208. The van der Waals surface area contributed by atoms with Gasteiger partial charge < -0.3 is 4.42 Å². The number of nitrogens with zero attached hydrogens (tertiary/aromatic N) is 4. The van der Waals surface area contributed by atoms with Crippen molar-refractivity contribution < 1.29 is 4.42 Å². The molecule has 32 heavy (non-hydrogen) atoms. The first-order valence-corrected chi connectivity index (χ1v) is 14.4. The molecule has 8 heteroatoms. The van der Waals surface area contributed by atoms with E-state index in [1.54, 1.807) is 17.0 Å². The first-order valence-electron chi connectivity index (χ1n) is 11.0. The minimum absolute atomic E-state index is 0.116. The van der Waals surface area contributed by atoms with E-state index < -0.39 is 8.07 Å². The summed E-state index contributed by atoms with van der Waals surface area (Å²) < 4.78 is 7.03. The second-order valence-corrected chi connectivity index (χ2v) is 15.5. The molecule has 0 aromatic carbocycles. The highest BCUT2D eigenvalue weighted by Gasteiger charge is 2.41. The van der Waals surface area contributed by atoms with Crippen LogP contribution in [0.3, 0.4) is 0 Å². The van der Waals surface area contributed by atoms with Crippen molar-refractivity contribution in [3.8, 4) is 11.5 Å². The van der Waals surface area contributed by atoms with Crippen LogP contribution in [0.25, 0.3) is 11.0 Å². The molecule has 3 aromatic rings. The minimum atomic E-state index is -1.96. The van der Waals surface area contributed by atoms with Crippen LogP contribution in [0, 0.1) is 18.4 Å². The van der Waals surface area contributed by atoms with Gasteiger partial charge in [-0.3, -0.25) is 9.36 Å². The van der Waals surface area contributed by atoms with Crippen LogP contribution < -0.4 is 5.56 Å². The number of thioether (sulfide) groups is 1. The van der Waals surface area contributed by atoms with Gasteiger partial charge in [-0.15, -0.1) is 5.54 Å². The van der Waals surface area contributed by atoms with Gasteiger partial charge >= 0.3 is 0 Å². The SMILES string of the molecule is CSc1ncc2c(C#C[Si](C(C)C)(C(C)C)C(C)C)c(C)c(=O)n(Cc3cnco3)c2n1. The maximum Gasteiger partial charge on any atom is 0.256 e. The lowest BCUT2D eigenvalue weighted by Crippen LogP contribution is -2.43. The van der Waals surface area contributed by atoms with Gasteiger partial charge in [0, 0.05) is 17.3 Å². The highest BCUT2D eigenvalue weighted by Crippen LogP contribution is 2.41. The predicted molar refractivity (Wildman–Crippen MR) is 134 cm³/mol. The Morgan fingerprint density at radius 3 is 2.31 bits per heavy atom. The lowest BCUT2D eigenvalue weighted by molar-refractivity contribution is 0.487. The molecule has 170 valence electrons. The van der Waals surface area contributed by atoms with Crippen LogP contribution in [-0.4, -0.2) is 33.8 Å². The molecule has 0 aliphatic heterocycles. The van der Waals surface area contributed by atoms with E-state index in [4.69, 9.17) is 4.42 Å². The molecule has 3 rings (SSSR count). The molecule has 0 N–H and O–H groups in total. The molecule has 0 saturated carbocycles. The van der Waals surface area contributed by atoms with Gasteiger partial charge in [-0.25, -0.2) is 15.0 Å². The standard InChI is InChI=1S/C24H32N4O2SSi/c1-15(2)32(16(3)4,17(5)6)10-9-20-18(7)23(29)28(13-19-11-25-14-30-19)22-21(20)12-26-24(27-22)31-8/h11-12,14-17H,13H2,1-8H3. The van der Waals surface area contributed by atoms with Crippen LogP contribution >= 0.6 is 11.8 Å². The Balaban J connectivity index is 2.32. The largest absolute Gasteiger partial charge is 0.447 e. The molecular formula is C24H32N4O2SSi. The van der Waals surface area contributed by atoms with Crippen molar-refractivity contribution >= 4 is 30.9 Å². The molecule has 0 radical (unpaired) electrons. The van der Waals surface area contributed by atoms with Crippen molar-refractivity contribution in [2.24, 2.45) is 0 Å². The van der Waals surface area contributed by atoms with Gasteiger partial charge in [-0.2, -0.15) is 0 Å². The molecule has 0 amide bonds. The van der Waals surface area contributed by atoms with E-state index in [0.717, 1.165) is 10.9 Å². The van der Waals surface area contributed by atoms with Crippen LogP contribution in [0.5, 0.6) is 0 Å². The van der Waals surface area contributed by atoms with Crippen LogP contribution in [0.4, 0.5) is 0 Å². The average molecular weight is 469 g/mol. The van der Waals surface area contributed by atoms with Gasteiger partial charge in [0.1, 0.15) is 19.5 Å². The molecule has 0 unspecified atom stereocenters. The molecule has 0 spiro atoms. The molecular weight excluding hydrogens is 436 g/mol. The first kappa shape index (κ1) is 24.3. The Kier molecular flexibility index (Phi) is 7.31. The second kappa shape index (κ2) is 9.63. The van der Waals surface area contributed by atoms with Gasteiger partial charge in [-0.05, 0) is 29.8 Å². The summed E-state index contributed by atoms with van der Waals surface area (Å²) in [7, 11) is -1.96. The van der Waals surface area contributed by atoms with Crippen molar-refractivity contribution in [1.82, 2.24) is 19.5 Å². The van der Waals surface area contributed by atoms with Crippen LogP contribution in [0.2, 0.25) is 16.6 Å². The summed E-state index contributed by atoms with van der Waals surface area (Å²) in [6.45, 7) is 15.8. The number of fused-ring (bicyclic) bond motifs is 1. The summed E-state index contributed by atoms with van der Waals surface area (Å²) in [5.41, 5.74) is 7.09. The van der Waals surface area contributed by atoms with Crippen molar-refractivity contribution in [3.63, 3.8) is 0 Å². The molecule has 0 saturated heterocycles. The van der Waals surface area contributed by atoms with Crippen LogP contribution in [0.15, 0.2) is 33.2 Å². The van der Waals surface area contributed by atoms with Crippen molar-refractivity contribution in [2.75, 3.05) is 6.26 Å². The maximum atomic E-state index is 13.4. The topological polar surface area (TPSA) is 73.8 Å². The monoisotopic (exact) mass is 468 g/mol. The number of oxazole rings is 1. The Bertz CT molecular complexity index is 1200. The molecule has 3 heterocycles. The summed E-state index contributed by atoms with van der Waals surface area (Å²) in [5, 5.41) is 1.41. The summed E-state index contributed by atoms with van der Waals surface area (Å²) in [5.74, 6) is 4.08. The molecule has 0 fully saturated rings. The normalized spacial score (nSPS) is 12.1. The van der Waals surface area contributed by atoms with Gasteiger partial charge in [-0.1, -0.05) is 59.2 Å². The molecule has 0 bridgehead atoms. The highest BCUT2D eigenvalue weighted by molar-refractivity contribution is 7.98. The number of aromatic nitrogens is 4. The van der Waals surface area contributed by atoms with E-state index in [0.29, 0.717) is 38.8 Å². The number of rotatable bonds is 6. The zero-order valence-electron chi connectivity index (χ0n) is 20.2. The lowest BCUT2D eigenvalue weighted by Gasteiger charge is -2.38. The second-order valence-electron chi connectivity index (χ2n) is 9.10. The third-order valence-corrected chi connectivity index (χ3v) is 13.3. The van der Waals surface area contributed by atoms with E-state index in [9.17, 15) is 4.79 Å². The molecule has 0 aliphatic carbocycles. The summed E-state index contributed by atoms with van der Waals surface area (Å²) >= 11 is 1.44. The van der Waals surface area contributed by atoms with Gasteiger partial charge in [0.15, 0.2) is 11.6 Å². The van der Waals surface area contributed by atoms with Gasteiger partial charge in [0.2, 0.25) is 0 Å². The van der Waals surface area contributed by atoms with Gasteiger partial charge in [0.25, 0.3) is 5.56 Å². The van der Waals surface area contributed by atoms with Crippen LogP contribution in [0.1, 0.15) is 58.4 Å². The van der Waals surface area contributed by atoms with Crippen molar-refractivity contribution in [3.05, 3.63) is 46.0 Å². The molecule has 0 atom stereocenters. The van der Waals surface area contributed by atoms with E-state index in [1.165, 1.54) is 18.2 Å². The van der Waals surface area contributed by atoms with Crippen LogP contribution in [-0.2, 0) is 6.54 Å². The molecule has 0 aliphatic rings. The Morgan fingerprint density at radius 1 is 1.12 bits per heavy atom. The smallest absolute Gasteiger partial charge is 0.256 e. The summed E-state index contributed by atoms with van der Waals surface area (Å²) in [6, 6.07) is 0. The average Bonchev–Trinajstić information content (AvgIpc) is 3.26.